The van der Waals surface area contributed by atoms with Crippen molar-refractivity contribution in [3.63, 3.8) is 0 Å². The summed E-state index contributed by atoms with van der Waals surface area (Å²) >= 11 is 0. The van der Waals surface area contributed by atoms with Crippen molar-refractivity contribution in [1.29, 1.82) is 0 Å². The molecule has 0 amide bonds. The lowest BCUT2D eigenvalue weighted by Crippen LogP contribution is -2.12. The third-order valence-corrected chi connectivity index (χ3v) is 4.54. The molecule has 1 N–H and O–H groups in total. The molecule has 3 heterocycles. The summed E-state index contributed by atoms with van der Waals surface area (Å²) in [5.74, 6) is 0.300. The van der Waals surface area contributed by atoms with Crippen molar-refractivity contribution in [2.45, 2.75) is 26.6 Å². The van der Waals surface area contributed by atoms with Crippen molar-refractivity contribution < 1.29 is 13.2 Å². The first kappa shape index (κ1) is 19.0. The van der Waals surface area contributed by atoms with Gasteiger partial charge in [-0.2, -0.15) is 15.1 Å². The normalized spacial score (nSPS) is 13.0. The Morgan fingerprint density at radius 2 is 2.07 bits per heavy atom. The van der Waals surface area contributed by atoms with Gasteiger partial charge in [-0.3, -0.25) is 4.72 Å². The zero-order chi connectivity index (χ0) is 19.6. The smallest absolute Gasteiger partial charge is 0.230 e. The maximum atomic E-state index is 11.6. The summed E-state index contributed by atoms with van der Waals surface area (Å²) in [7, 11) is -3.46. The number of sulfonamides is 1. The van der Waals surface area contributed by atoms with Crippen molar-refractivity contribution in [2.75, 3.05) is 17.6 Å². The minimum absolute atomic E-state index is 0.0644. The van der Waals surface area contributed by atoms with Crippen LogP contribution in [0.5, 0.6) is 0 Å². The second-order valence-electron chi connectivity index (χ2n) is 5.99. The lowest BCUT2D eigenvalue weighted by Gasteiger charge is -2.12. The van der Waals surface area contributed by atoms with Crippen LogP contribution in [0.2, 0.25) is 0 Å². The molecule has 1 atom stereocenters. The van der Waals surface area contributed by atoms with Gasteiger partial charge in [0.2, 0.25) is 10.0 Å². The van der Waals surface area contributed by atoms with Crippen LogP contribution in [0, 0.1) is 4.91 Å². The van der Waals surface area contributed by atoms with E-state index in [1.54, 1.807) is 29.2 Å². The lowest BCUT2D eigenvalue weighted by atomic mass is 10.0. The van der Waals surface area contributed by atoms with E-state index in [2.05, 4.69) is 20.1 Å². The van der Waals surface area contributed by atoms with Crippen LogP contribution in [-0.2, 0) is 21.3 Å². The molecule has 10 nitrogen and oxygen atoms in total. The highest BCUT2D eigenvalue weighted by Crippen LogP contribution is 2.31. The minimum atomic E-state index is -3.46. The molecule has 0 aromatic carbocycles. The van der Waals surface area contributed by atoms with Gasteiger partial charge >= 0.3 is 0 Å². The zero-order valence-electron chi connectivity index (χ0n) is 15.2. The molecular weight excluding hydrogens is 372 g/mol. The summed E-state index contributed by atoms with van der Waals surface area (Å²) < 4.78 is 34.2. The second-order valence-corrected chi connectivity index (χ2v) is 7.73. The maximum Gasteiger partial charge on any atom is 0.230 e. The number of fused-ring (bicyclic) bond motifs is 1. The van der Waals surface area contributed by atoms with Gasteiger partial charge in [-0.15, -0.1) is 0 Å². The molecule has 1 unspecified atom stereocenters. The Labute approximate surface area is 156 Å². The number of hydrogen-bond donors (Lipinski definition) is 1. The van der Waals surface area contributed by atoms with E-state index in [0.717, 1.165) is 11.8 Å². The minimum Gasteiger partial charge on any atom is -0.357 e. The van der Waals surface area contributed by atoms with Gasteiger partial charge in [0.25, 0.3) is 0 Å². The molecule has 11 heteroatoms. The van der Waals surface area contributed by atoms with Crippen LogP contribution in [0.1, 0.15) is 25.6 Å². The first-order chi connectivity index (χ1) is 12.8. The largest absolute Gasteiger partial charge is 0.357 e. The van der Waals surface area contributed by atoms with E-state index in [0.29, 0.717) is 29.1 Å². The van der Waals surface area contributed by atoms with E-state index in [4.69, 9.17) is 4.74 Å². The molecule has 0 aliphatic carbocycles. The van der Waals surface area contributed by atoms with Crippen LogP contribution in [0.3, 0.4) is 0 Å². The fourth-order valence-corrected chi connectivity index (χ4v) is 3.41. The highest BCUT2D eigenvalue weighted by atomic mass is 32.2. The van der Waals surface area contributed by atoms with Crippen molar-refractivity contribution >= 4 is 21.4 Å². The molecule has 3 aromatic rings. The Hall–Kier alpha value is -2.79. The van der Waals surface area contributed by atoms with Gasteiger partial charge in [0, 0.05) is 29.5 Å². The lowest BCUT2D eigenvalue weighted by molar-refractivity contribution is 0.0160. The zero-order valence-corrected chi connectivity index (χ0v) is 16.0. The van der Waals surface area contributed by atoms with Crippen LogP contribution in [0.15, 0.2) is 35.9 Å². The fraction of sp³-hybridized carbons (Fsp3) is 0.375. The van der Waals surface area contributed by atoms with Crippen LogP contribution >= 0.6 is 0 Å². The van der Waals surface area contributed by atoms with Gasteiger partial charge in [0.1, 0.15) is 18.6 Å². The summed E-state index contributed by atoms with van der Waals surface area (Å²) in [6.07, 6.45) is 5.79. The van der Waals surface area contributed by atoms with E-state index in [1.165, 1.54) is 10.7 Å². The third kappa shape index (κ3) is 3.98. The summed E-state index contributed by atoms with van der Waals surface area (Å²) in [5.41, 5.74) is 2.70. The van der Waals surface area contributed by atoms with Gasteiger partial charge in [-0.05, 0) is 26.0 Å². The molecule has 0 aliphatic rings. The number of anilines is 1. The van der Waals surface area contributed by atoms with E-state index < -0.39 is 10.0 Å². The monoisotopic (exact) mass is 392 g/mol. The van der Waals surface area contributed by atoms with Crippen molar-refractivity contribution in [3.05, 3.63) is 41.2 Å². The molecule has 0 saturated heterocycles. The molecule has 0 spiro atoms. The molecule has 0 fully saturated rings. The molecule has 0 saturated carbocycles. The first-order valence-corrected chi connectivity index (χ1v) is 10.2. The molecule has 0 radical (unpaired) electrons. The summed E-state index contributed by atoms with van der Waals surface area (Å²) in [5, 5.41) is 11.5. The van der Waals surface area contributed by atoms with Crippen LogP contribution in [0.4, 0.5) is 5.82 Å². The molecule has 0 aliphatic heterocycles. The van der Waals surface area contributed by atoms with Crippen molar-refractivity contribution in [2.24, 2.45) is 5.18 Å². The Bertz CT molecular complexity index is 1070. The highest BCUT2D eigenvalue weighted by Gasteiger charge is 2.18. The van der Waals surface area contributed by atoms with Crippen molar-refractivity contribution in [1.82, 2.24) is 19.4 Å². The number of ether oxygens (including phenoxy) is 1. The van der Waals surface area contributed by atoms with Crippen molar-refractivity contribution in [3.8, 4) is 11.1 Å². The quantitative estimate of drug-likeness (QED) is 0.588. The Kier molecular flexibility index (Phi) is 5.24. The van der Waals surface area contributed by atoms with E-state index in [1.807, 2.05) is 13.8 Å². The Morgan fingerprint density at radius 3 is 2.74 bits per heavy atom. The van der Waals surface area contributed by atoms with E-state index in [9.17, 15) is 13.3 Å². The first-order valence-electron chi connectivity index (χ1n) is 8.26. The topological polar surface area (TPSA) is 120 Å². The number of nitroso groups, excluding NO2 is 1. The molecule has 144 valence electrons. The highest BCUT2D eigenvalue weighted by molar-refractivity contribution is 7.92. The average molecular weight is 392 g/mol. The number of nitrogens with zero attached hydrogens (tertiary/aromatic N) is 5. The molecule has 0 bridgehead atoms. The molecule has 3 aromatic heterocycles. The molecule has 3 rings (SSSR count). The number of rotatable bonds is 8. The SMILES string of the molecule is CCOC(C)n1cc(-c2c(CN=O)cnn3c(NS(C)(=O)=O)ccc23)cn1. The summed E-state index contributed by atoms with van der Waals surface area (Å²) in [4.78, 5) is 10.9. The van der Waals surface area contributed by atoms with Gasteiger partial charge in [0.15, 0.2) is 0 Å². The van der Waals surface area contributed by atoms with E-state index >= 15 is 0 Å². The fourth-order valence-electron chi connectivity index (χ4n) is 2.87. The standard InChI is InChI=1S/C16H20N6O4S/c1-4-26-11(2)21-10-13(8-17-21)16-12(9-19-23)7-18-22-14(16)5-6-15(22)20-27(3,24)25/h5-8,10-11,20H,4,9H2,1-3H3. The van der Waals surface area contributed by atoms with Gasteiger partial charge in [0.05, 0.1) is 24.2 Å². The predicted octanol–water partition coefficient (Wildman–Crippen LogP) is 2.39. The number of hydrogen-bond acceptors (Lipinski definition) is 7. The van der Waals surface area contributed by atoms with Gasteiger partial charge < -0.3 is 4.74 Å². The van der Waals surface area contributed by atoms with Crippen LogP contribution < -0.4 is 4.72 Å². The van der Waals surface area contributed by atoms with Crippen LogP contribution in [-0.4, -0.2) is 40.7 Å². The Balaban J connectivity index is 2.14. The van der Waals surface area contributed by atoms with Crippen LogP contribution in [0.25, 0.3) is 16.6 Å². The number of aromatic nitrogens is 4. The summed E-state index contributed by atoms with van der Waals surface area (Å²) in [6.45, 7) is 4.26. The maximum absolute atomic E-state index is 11.6. The Morgan fingerprint density at radius 1 is 1.30 bits per heavy atom. The predicted molar refractivity (Wildman–Crippen MR) is 101 cm³/mol. The molecule has 27 heavy (non-hydrogen) atoms. The molecular formula is C16H20N6O4S. The number of nitrogens with one attached hydrogen (secondary N) is 1. The third-order valence-electron chi connectivity index (χ3n) is 3.96. The van der Waals surface area contributed by atoms with E-state index in [-0.39, 0.29) is 12.8 Å². The summed E-state index contributed by atoms with van der Waals surface area (Å²) in [6, 6.07) is 3.34. The van der Waals surface area contributed by atoms with Gasteiger partial charge in [-0.1, -0.05) is 5.18 Å². The average Bonchev–Trinajstić information content (AvgIpc) is 3.22. The van der Waals surface area contributed by atoms with Gasteiger partial charge in [-0.25, -0.2) is 17.6 Å². The second kappa shape index (κ2) is 7.45.